The quantitative estimate of drug-likeness (QED) is 0.352. The van der Waals surface area contributed by atoms with Crippen molar-refractivity contribution in [2.24, 2.45) is 0 Å². The Morgan fingerprint density at radius 1 is 0.844 bits per heavy atom. The molecule has 0 amide bonds. The number of hydrogen-bond acceptors (Lipinski definition) is 4. The highest BCUT2D eigenvalue weighted by atomic mass is 16.6. The molecule has 0 saturated carbocycles. The molecule has 0 heterocycles. The van der Waals surface area contributed by atoms with Gasteiger partial charge in [-0.05, 0) is 54.3 Å². The molecule has 3 rings (SSSR count). The topological polar surface area (TPSA) is 44.8 Å². The van der Waals surface area contributed by atoms with E-state index in [1.807, 2.05) is 55.5 Å². The summed E-state index contributed by atoms with van der Waals surface area (Å²) in [6.45, 7) is 4.95. The molecule has 32 heavy (non-hydrogen) atoms. The van der Waals surface area contributed by atoms with E-state index in [9.17, 15) is 4.79 Å². The molecule has 0 aliphatic carbocycles. The molecule has 166 valence electrons. The van der Waals surface area contributed by atoms with Gasteiger partial charge in [0.15, 0.2) is 6.10 Å². The SMILES string of the molecule is CCOC(=O)C(Cc1ccc(OCC=Cc2ccc(-c3ccccc3)cc2)cc1)OCC. The van der Waals surface area contributed by atoms with Gasteiger partial charge in [0, 0.05) is 13.0 Å². The van der Waals surface area contributed by atoms with Crippen LogP contribution >= 0.6 is 0 Å². The van der Waals surface area contributed by atoms with Crippen LogP contribution in [0.15, 0.2) is 84.9 Å². The van der Waals surface area contributed by atoms with Crippen molar-refractivity contribution in [1.82, 2.24) is 0 Å². The molecule has 3 aromatic rings. The second-order valence-corrected chi connectivity index (χ2v) is 7.25. The molecule has 0 spiro atoms. The van der Waals surface area contributed by atoms with E-state index in [1.54, 1.807) is 6.92 Å². The number of esters is 1. The maximum atomic E-state index is 12.0. The van der Waals surface area contributed by atoms with Crippen molar-refractivity contribution >= 4 is 12.0 Å². The lowest BCUT2D eigenvalue weighted by Crippen LogP contribution is -2.28. The number of rotatable bonds is 11. The zero-order valence-electron chi connectivity index (χ0n) is 18.7. The molecule has 0 saturated heterocycles. The van der Waals surface area contributed by atoms with Gasteiger partial charge in [-0.2, -0.15) is 0 Å². The molecule has 0 aliphatic heterocycles. The first-order valence-electron chi connectivity index (χ1n) is 11.0. The van der Waals surface area contributed by atoms with Crippen LogP contribution in [0.5, 0.6) is 5.75 Å². The predicted octanol–water partition coefficient (Wildman–Crippen LogP) is 5.96. The first-order chi connectivity index (χ1) is 15.7. The summed E-state index contributed by atoms with van der Waals surface area (Å²) in [7, 11) is 0. The van der Waals surface area contributed by atoms with Crippen molar-refractivity contribution in [2.75, 3.05) is 19.8 Å². The van der Waals surface area contributed by atoms with Gasteiger partial charge >= 0.3 is 5.97 Å². The normalized spacial score (nSPS) is 11.9. The Hall–Kier alpha value is -3.37. The van der Waals surface area contributed by atoms with Crippen LogP contribution < -0.4 is 4.74 Å². The lowest BCUT2D eigenvalue weighted by molar-refractivity contribution is -0.156. The number of carbonyl (C=O) groups is 1. The van der Waals surface area contributed by atoms with E-state index >= 15 is 0 Å². The van der Waals surface area contributed by atoms with Gasteiger partial charge in [-0.25, -0.2) is 4.79 Å². The van der Waals surface area contributed by atoms with Crippen molar-refractivity contribution in [1.29, 1.82) is 0 Å². The van der Waals surface area contributed by atoms with Gasteiger partial charge in [0.05, 0.1) is 6.61 Å². The highest BCUT2D eigenvalue weighted by Gasteiger charge is 2.20. The molecule has 0 N–H and O–H groups in total. The number of ether oxygens (including phenoxy) is 3. The summed E-state index contributed by atoms with van der Waals surface area (Å²) >= 11 is 0. The van der Waals surface area contributed by atoms with E-state index in [0.29, 0.717) is 26.2 Å². The van der Waals surface area contributed by atoms with Crippen LogP contribution in [0.1, 0.15) is 25.0 Å². The first-order valence-corrected chi connectivity index (χ1v) is 11.0. The molecule has 0 aliphatic rings. The van der Waals surface area contributed by atoms with E-state index in [0.717, 1.165) is 16.9 Å². The minimum atomic E-state index is -0.581. The summed E-state index contributed by atoms with van der Waals surface area (Å²) < 4.78 is 16.4. The van der Waals surface area contributed by atoms with E-state index in [2.05, 4.69) is 42.5 Å². The molecular weight excluding hydrogens is 400 g/mol. The zero-order valence-corrected chi connectivity index (χ0v) is 18.7. The third-order valence-corrected chi connectivity index (χ3v) is 4.94. The molecule has 0 aromatic heterocycles. The van der Waals surface area contributed by atoms with Crippen molar-refractivity contribution in [3.05, 3.63) is 96.1 Å². The molecule has 4 heteroatoms. The molecule has 0 bridgehead atoms. The minimum Gasteiger partial charge on any atom is -0.490 e. The van der Waals surface area contributed by atoms with Crippen LogP contribution in [0.4, 0.5) is 0 Å². The molecular formula is C28H30O4. The second kappa shape index (κ2) is 12.5. The van der Waals surface area contributed by atoms with Crippen LogP contribution in [0.2, 0.25) is 0 Å². The van der Waals surface area contributed by atoms with E-state index in [1.165, 1.54) is 11.1 Å². The summed E-state index contributed by atoms with van der Waals surface area (Å²) in [6, 6.07) is 26.5. The lowest BCUT2D eigenvalue weighted by atomic mass is 10.0. The average Bonchev–Trinajstić information content (AvgIpc) is 2.83. The van der Waals surface area contributed by atoms with Gasteiger partial charge in [0.1, 0.15) is 12.4 Å². The first kappa shape index (κ1) is 23.3. The van der Waals surface area contributed by atoms with Crippen LogP contribution in [0.25, 0.3) is 17.2 Å². The molecule has 4 nitrogen and oxygen atoms in total. The minimum absolute atomic E-state index is 0.323. The molecule has 0 radical (unpaired) electrons. The molecule has 1 atom stereocenters. The van der Waals surface area contributed by atoms with Crippen molar-refractivity contribution in [2.45, 2.75) is 26.4 Å². The van der Waals surface area contributed by atoms with E-state index < -0.39 is 6.10 Å². The Labute approximate surface area is 190 Å². The van der Waals surface area contributed by atoms with E-state index in [-0.39, 0.29) is 5.97 Å². The molecule has 0 fully saturated rings. The van der Waals surface area contributed by atoms with Crippen molar-refractivity contribution in [3.63, 3.8) is 0 Å². The summed E-state index contributed by atoms with van der Waals surface area (Å²) in [6.07, 6.45) is 3.95. The van der Waals surface area contributed by atoms with Gasteiger partial charge in [-0.3, -0.25) is 0 Å². The number of carbonyl (C=O) groups excluding carboxylic acids is 1. The summed E-state index contributed by atoms with van der Waals surface area (Å²) in [5.41, 5.74) is 4.54. The van der Waals surface area contributed by atoms with Gasteiger partial charge in [-0.15, -0.1) is 0 Å². The Bertz CT molecular complexity index is 976. The fourth-order valence-electron chi connectivity index (χ4n) is 3.33. The summed E-state index contributed by atoms with van der Waals surface area (Å²) in [4.78, 5) is 12.0. The Morgan fingerprint density at radius 3 is 2.19 bits per heavy atom. The van der Waals surface area contributed by atoms with Crippen molar-refractivity contribution in [3.8, 4) is 16.9 Å². The lowest BCUT2D eigenvalue weighted by Gasteiger charge is -2.15. The number of benzene rings is 3. The van der Waals surface area contributed by atoms with Gasteiger partial charge < -0.3 is 14.2 Å². The fourth-order valence-corrected chi connectivity index (χ4v) is 3.33. The fraction of sp³-hybridized carbons (Fsp3) is 0.250. The third kappa shape index (κ3) is 7.10. The van der Waals surface area contributed by atoms with E-state index in [4.69, 9.17) is 14.2 Å². The Balaban J connectivity index is 1.48. The smallest absolute Gasteiger partial charge is 0.335 e. The predicted molar refractivity (Wildman–Crippen MR) is 129 cm³/mol. The standard InChI is InChI=1S/C28H30O4/c1-3-30-27(28(29)31-4-2)21-23-14-18-26(19-15-23)32-20-8-9-22-12-16-25(17-13-22)24-10-6-5-7-11-24/h5-19,27H,3-4,20-21H2,1-2H3. The highest BCUT2D eigenvalue weighted by Crippen LogP contribution is 2.20. The number of hydrogen-bond donors (Lipinski definition) is 0. The van der Waals surface area contributed by atoms with Crippen LogP contribution in [-0.4, -0.2) is 31.9 Å². The van der Waals surface area contributed by atoms with Crippen LogP contribution in [-0.2, 0) is 20.7 Å². The molecule has 1 unspecified atom stereocenters. The maximum absolute atomic E-state index is 12.0. The van der Waals surface area contributed by atoms with Gasteiger partial charge in [-0.1, -0.05) is 72.8 Å². The Kier molecular flexibility index (Phi) is 9.08. The zero-order chi connectivity index (χ0) is 22.6. The van der Waals surface area contributed by atoms with Crippen LogP contribution in [0.3, 0.4) is 0 Å². The summed E-state index contributed by atoms with van der Waals surface area (Å²) in [5.74, 6) is 0.457. The maximum Gasteiger partial charge on any atom is 0.335 e. The van der Waals surface area contributed by atoms with Gasteiger partial charge in [0.2, 0.25) is 0 Å². The van der Waals surface area contributed by atoms with Gasteiger partial charge in [0.25, 0.3) is 0 Å². The highest BCUT2D eigenvalue weighted by molar-refractivity contribution is 5.75. The largest absolute Gasteiger partial charge is 0.490 e. The molecule has 3 aromatic carbocycles. The summed E-state index contributed by atoms with van der Waals surface area (Å²) in [5, 5.41) is 0. The average molecular weight is 431 g/mol. The van der Waals surface area contributed by atoms with Crippen LogP contribution in [0, 0.1) is 0 Å². The third-order valence-electron chi connectivity index (χ3n) is 4.94. The Morgan fingerprint density at radius 2 is 1.53 bits per heavy atom. The second-order valence-electron chi connectivity index (χ2n) is 7.25. The van der Waals surface area contributed by atoms with Crippen molar-refractivity contribution < 1.29 is 19.0 Å². The monoisotopic (exact) mass is 430 g/mol.